The van der Waals surface area contributed by atoms with Crippen molar-refractivity contribution in [2.75, 3.05) is 21.3 Å². The Labute approximate surface area is 148 Å². The largest absolute Gasteiger partial charge is 0.497 e. The van der Waals surface area contributed by atoms with Crippen molar-refractivity contribution < 1.29 is 24.1 Å². The highest BCUT2D eigenvalue weighted by Gasteiger charge is 2.14. The lowest BCUT2D eigenvalue weighted by molar-refractivity contribution is -0.218. The fourth-order valence-electron chi connectivity index (χ4n) is 1.85. The van der Waals surface area contributed by atoms with Crippen LogP contribution >= 0.6 is 15.9 Å². The molecule has 0 saturated heterocycles. The highest BCUT2D eigenvalue weighted by Crippen LogP contribution is 2.27. The predicted octanol–water partition coefficient (Wildman–Crippen LogP) is 3.60. The van der Waals surface area contributed by atoms with Gasteiger partial charge in [0.25, 0.3) is 5.91 Å². The van der Waals surface area contributed by atoms with Gasteiger partial charge in [0.1, 0.15) is 12.4 Å². The minimum Gasteiger partial charge on any atom is -0.497 e. The quantitative estimate of drug-likeness (QED) is 0.529. The molecule has 0 spiro atoms. The summed E-state index contributed by atoms with van der Waals surface area (Å²) in [7, 11) is 4.58. The van der Waals surface area contributed by atoms with Crippen LogP contribution in [0.15, 0.2) is 46.9 Å². The van der Waals surface area contributed by atoms with Crippen molar-refractivity contribution in [2.24, 2.45) is 0 Å². The first-order valence-corrected chi connectivity index (χ1v) is 7.88. The van der Waals surface area contributed by atoms with Crippen LogP contribution in [-0.2, 0) is 16.3 Å². The van der Waals surface area contributed by atoms with Crippen molar-refractivity contribution in [2.45, 2.75) is 6.61 Å². The van der Waals surface area contributed by atoms with E-state index < -0.39 is 0 Å². The zero-order valence-corrected chi connectivity index (χ0v) is 15.2. The summed E-state index contributed by atoms with van der Waals surface area (Å²) in [6.07, 6.45) is 0. The molecule has 0 N–H and O–H groups in total. The SMILES string of the molecule is COc1ccc(COOc2ccc(C(=O)N(C)OC)cc2Br)cc1. The van der Waals surface area contributed by atoms with Gasteiger partial charge in [-0.3, -0.25) is 9.63 Å². The molecule has 2 aromatic carbocycles. The summed E-state index contributed by atoms with van der Waals surface area (Å²) in [4.78, 5) is 27.4. The number of nitrogens with zero attached hydrogens (tertiary/aromatic N) is 1. The lowest BCUT2D eigenvalue weighted by Crippen LogP contribution is -2.25. The molecule has 0 atom stereocenters. The summed E-state index contributed by atoms with van der Waals surface area (Å²) in [6.45, 7) is 0.281. The molecule has 7 heteroatoms. The number of hydrogen-bond acceptors (Lipinski definition) is 5. The van der Waals surface area contributed by atoms with Crippen LogP contribution in [0.3, 0.4) is 0 Å². The first kappa shape index (κ1) is 18.3. The molecule has 0 aliphatic rings. The maximum atomic E-state index is 12.0. The number of amides is 1. The van der Waals surface area contributed by atoms with E-state index in [0.717, 1.165) is 16.4 Å². The van der Waals surface area contributed by atoms with Crippen LogP contribution in [0, 0.1) is 0 Å². The first-order valence-electron chi connectivity index (χ1n) is 7.09. The third kappa shape index (κ3) is 4.70. The van der Waals surface area contributed by atoms with Gasteiger partial charge in [0.15, 0.2) is 5.75 Å². The second-order valence-electron chi connectivity index (χ2n) is 4.82. The van der Waals surface area contributed by atoms with Crippen molar-refractivity contribution in [1.82, 2.24) is 5.06 Å². The molecule has 0 heterocycles. The zero-order valence-electron chi connectivity index (χ0n) is 13.6. The Hall–Kier alpha value is -2.09. The number of rotatable bonds is 7. The van der Waals surface area contributed by atoms with E-state index >= 15 is 0 Å². The van der Waals surface area contributed by atoms with Crippen LogP contribution in [0.25, 0.3) is 0 Å². The fourth-order valence-corrected chi connectivity index (χ4v) is 2.29. The van der Waals surface area contributed by atoms with E-state index in [9.17, 15) is 4.79 Å². The van der Waals surface area contributed by atoms with Crippen LogP contribution in [0.2, 0.25) is 0 Å². The van der Waals surface area contributed by atoms with E-state index in [4.69, 9.17) is 19.3 Å². The molecule has 2 aromatic rings. The maximum absolute atomic E-state index is 12.0. The van der Waals surface area contributed by atoms with Crippen LogP contribution in [0.5, 0.6) is 11.5 Å². The molecule has 0 aromatic heterocycles. The number of methoxy groups -OCH3 is 1. The van der Waals surface area contributed by atoms with Gasteiger partial charge in [-0.2, -0.15) is 4.89 Å². The van der Waals surface area contributed by atoms with Crippen molar-refractivity contribution in [3.8, 4) is 11.5 Å². The predicted molar refractivity (Wildman–Crippen MR) is 91.7 cm³/mol. The smallest absolute Gasteiger partial charge is 0.277 e. The highest BCUT2D eigenvalue weighted by molar-refractivity contribution is 9.10. The molecule has 0 unspecified atom stereocenters. The molecular weight excluding hydrogens is 378 g/mol. The molecule has 0 fully saturated rings. The Morgan fingerprint density at radius 3 is 2.42 bits per heavy atom. The van der Waals surface area contributed by atoms with Gasteiger partial charge in [0, 0.05) is 12.6 Å². The van der Waals surface area contributed by atoms with E-state index in [2.05, 4.69) is 15.9 Å². The number of benzene rings is 2. The topological polar surface area (TPSA) is 57.2 Å². The summed E-state index contributed by atoms with van der Waals surface area (Å²) in [5.41, 5.74) is 1.41. The van der Waals surface area contributed by atoms with Gasteiger partial charge < -0.3 is 9.62 Å². The van der Waals surface area contributed by atoms with Crippen molar-refractivity contribution in [1.29, 1.82) is 0 Å². The van der Waals surface area contributed by atoms with Gasteiger partial charge in [-0.25, -0.2) is 5.06 Å². The van der Waals surface area contributed by atoms with Crippen molar-refractivity contribution in [3.63, 3.8) is 0 Å². The van der Waals surface area contributed by atoms with Crippen LogP contribution < -0.4 is 9.62 Å². The van der Waals surface area contributed by atoms with Gasteiger partial charge in [0.05, 0.1) is 18.7 Å². The van der Waals surface area contributed by atoms with Gasteiger partial charge >= 0.3 is 0 Å². The van der Waals surface area contributed by atoms with Gasteiger partial charge in [-0.15, -0.1) is 0 Å². The molecule has 128 valence electrons. The second kappa shape index (κ2) is 8.68. The third-order valence-corrected chi connectivity index (χ3v) is 3.89. The Bertz CT molecular complexity index is 690. The van der Waals surface area contributed by atoms with Gasteiger partial charge in [-0.1, -0.05) is 12.1 Å². The second-order valence-corrected chi connectivity index (χ2v) is 5.68. The lowest BCUT2D eigenvalue weighted by atomic mass is 10.2. The van der Waals surface area contributed by atoms with Crippen LogP contribution in [0.1, 0.15) is 15.9 Å². The Balaban J connectivity index is 1.94. The molecule has 2 rings (SSSR count). The van der Waals surface area contributed by atoms with E-state index in [0.29, 0.717) is 15.8 Å². The summed E-state index contributed by atoms with van der Waals surface area (Å²) < 4.78 is 5.70. The maximum Gasteiger partial charge on any atom is 0.277 e. The monoisotopic (exact) mass is 395 g/mol. The van der Waals surface area contributed by atoms with E-state index in [1.54, 1.807) is 32.4 Å². The van der Waals surface area contributed by atoms with Crippen molar-refractivity contribution in [3.05, 3.63) is 58.1 Å². The molecule has 1 amide bonds. The summed E-state index contributed by atoms with van der Waals surface area (Å²) in [5, 5.41) is 1.14. The minimum absolute atomic E-state index is 0.260. The van der Waals surface area contributed by atoms with E-state index in [-0.39, 0.29) is 12.5 Å². The minimum atomic E-state index is -0.260. The molecule has 0 radical (unpaired) electrons. The molecular formula is C17H18BrNO5. The van der Waals surface area contributed by atoms with E-state index in [1.165, 1.54) is 7.11 Å². The van der Waals surface area contributed by atoms with Gasteiger partial charge in [-0.05, 0) is 51.8 Å². The average Bonchev–Trinajstić information content (AvgIpc) is 2.62. The average molecular weight is 396 g/mol. The Kier molecular flexibility index (Phi) is 6.60. The number of carbonyl (C=O) groups is 1. The summed E-state index contributed by atoms with van der Waals surface area (Å²) >= 11 is 3.36. The first-order chi connectivity index (χ1) is 11.5. The van der Waals surface area contributed by atoms with E-state index in [1.807, 2.05) is 24.3 Å². The number of halogens is 1. The molecule has 0 saturated carbocycles. The lowest BCUT2D eigenvalue weighted by Gasteiger charge is -2.14. The third-order valence-electron chi connectivity index (χ3n) is 3.27. The zero-order chi connectivity index (χ0) is 17.5. The normalized spacial score (nSPS) is 10.3. The fraction of sp³-hybridized carbons (Fsp3) is 0.235. The summed E-state index contributed by atoms with van der Waals surface area (Å²) in [6, 6.07) is 12.4. The van der Waals surface area contributed by atoms with Crippen molar-refractivity contribution >= 4 is 21.8 Å². The summed E-state index contributed by atoms with van der Waals surface area (Å²) in [5.74, 6) is 0.993. The van der Waals surface area contributed by atoms with Gasteiger partial charge in [0.2, 0.25) is 0 Å². The molecule has 0 bridgehead atoms. The number of carbonyl (C=O) groups excluding carboxylic acids is 1. The highest BCUT2D eigenvalue weighted by atomic mass is 79.9. The standard InChI is InChI=1S/C17H18BrNO5/c1-19(22-3)17(20)13-6-9-16(15(18)10-13)24-23-11-12-4-7-14(21-2)8-5-12/h4-10H,11H2,1-3H3. The molecule has 0 aliphatic heterocycles. The van der Waals surface area contributed by atoms with Crippen LogP contribution in [-0.4, -0.2) is 32.2 Å². The Morgan fingerprint density at radius 1 is 1.12 bits per heavy atom. The number of hydroxylamine groups is 2. The molecule has 0 aliphatic carbocycles. The Morgan fingerprint density at radius 2 is 1.83 bits per heavy atom. The molecule has 6 nitrogen and oxygen atoms in total. The molecule has 24 heavy (non-hydrogen) atoms. The number of ether oxygens (including phenoxy) is 1. The number of hydrogen-bond donors (Lipinski definition) is 0. The van der Waals surface area contributed by atoms with Crippen LogP contribution in [0.4, 0.5) is 0 Å².